The lowest BCUT2D eigenvalue weighted by Crippen LogP contribution is -2.43. The molecule has 1 aliphatic heterocycles. The molecule has 6 atom stereocenters. The van der Waals surface area contributed by atoms with Crippen molar-refractivity contribution in [2.45, 2.75) is 50.7 Å². The second-order valence-corrected chi connectivity index (χ2v) is 24.8. The Hall–Kier alpha value is -2.13. The summed E-state index contributed by atoms with van der Waals surface area (Å²) < 4.78 is 15.5. The zero-order valence-electron chi connectivity index (χ0n) is 23.1. The van der Waals surface area contributed by atoms with Crippen molar-refractivity contribution in [1.82, 2.24) is 4.98 Å². The summed E-state index contributed by atoms with van der Waals surface area (Å²) in [6, 6.07) is 10.2. The molecule has 7 rings (SSSR count). The minimum absolute atomic E-state index is 0.177. The van der Waals surface area contributed by atoms with E-state index in [0.29, 0.717) is 28.7 Å². The largest absolute Gasteiger partial charge is 0.274 e. The second-order valence-electron chi connectivity index (χ2n) is 14.9. The molecule has 0 amide bonds. The minimum atomic E-state index is -1.83. The van der Waals surface area contributed by atoms with Gasteiger partial charge in [0.05, 0.1) is 5.69 Å². The van der Waals surface area contributed by atoms with Crippen molar-refractivity contribution in [2.24, 2.45) is 23.7 Å². The van der Waals surface area contributed by atoms with E-state index in [1.165, 1.54) is 41.9 Å². The Bertz CT molecular complexity index is 1410. The fraction of sp³-hybridized carbons (Fsp3) is 0.500. The maximum Gasteiger partial charge on any atom is 0.149 e. The lowest BCUT2D eigenvalue weighted by molar-refractivity contribution is 0.183. The number of aromatic nitrogens is 1. The zero-order chi connectivity index (χ0) is 25.8. The summed E-state index contributed by atoms with van der Waals surface area (Å²) in [5.41, 5.74) is 7.56. The topological polar surface area (TPSA) is 12.9 Å². The van der Waals surface area contributed by atoms with Crippen LogP contribution in [-0.2, 0) is 0 Å². The van der Waals surface area contributed by atoms with Crippen molar-refractivity contribution in [3.63, 3.8) is 0 Å². The van der Waals surface area contributed by atoms with Crippen LogP contribution in [0.4, 0.5) is 4.39 Å². The molecule has 2 heterocycles. The summed E-state index contributed by atoms with van der Waals surface area (Å²) in [5.74, 6) is 5.83. The number of benzene rings is 1. The molecule has 37 heavy (non-hydrogen) atoms. The van der Waals surface area contributed by atoms with E-state index in [9.17, 15) is 0 Å². The molecule has 0 radical (unpaired) electrons. The summed E-state index contributed by atoms with van der Waals surface area (Å²) in [5, 5.41) is 0.691. The molecule has 2 aromatic rings. The molecular formula is C34H42FNS. The Labute approximate surface area is 221 Å². The number of nitrogens with zero attached hydrogens (tertiary/aromatic N) is 1. The smallest absolute Gasteiger partial charge is 0.149 e. The molecular weight excluding hydrogens is 473 g/mol. The Morgan fingerprint density at radius 3 is 2.30 bits per heavy atom. The van der Waals surface area contributed by atoms with Gasteiger partial charge in [-0.2, -0.15) is 0 Å². The SMILES string of the molecule is CC1CCC(C2C3=Cc4nc(-c5ccc(C6=CCC(S7(C)(C)(C)CC7)C=C6)cc5)c(F)cc4C2C3C)C1. The highest BCUT2D eigenvalue weighted by atomic mass is 32.4. The number of hydrogen-bond acceptors (Lipinski definition) is 1. The molecule has 3 fully saturated rings. The van der Waals surface area contributed by atoms with Gasteiger partial charge in [0.1, 0.15) is 11.5 Å². The number of hydrogen-bond donors (Lipinski definition) is 0. The highest BCUT2D eigenvalue weighted by Gasteiger charge is 2.63. The molecule has 3 heteroatoms. The summed E-state index contributed by atoms with van der Waals surface area (Å²) in [7, 11) is -1.83. The highest BCUT2D eigenvalue weighted by Crippen LogP contribution is 2.96. The monoisotopic (exact) mass is 515 g/mol. The van der Waals surface area contributed by atoms with E-state index in [-0.39, 0.29) is 5.82 Å². The van der Waals surface area contributed by atoms with Crippen molar-refractivity contribution < 1.29 is 4.39 Å². The molecule has 0 spiro atoms. The van der Waals surface area contributed by atoms with Crippen molar-refractivity contribution in [3.8, 4) is 11.3 Å². The van der Waals surface area contributed by atoms with Crippen molar-refractivity contribution >= 4 is 19.9 Å². The van der Waals surface area contributed by atoms with Crippen molar-refractivity contribution in [1.29, 1.82) is 0 Å². The second kappa shape index (κ2) is 7.29. The predicted molar refractivity (Wildman–Crippen MR) is 160 cm³/mol. The fourth-order valence-electron chi connectivity index (χ4n) is 8.01. The van der Waals surface area contributed by atoms with E-state index in [1.54, 1.807) is 5.57 Å². The molecule has 1 aromatic carbocycles. The average Bonchev–Trinajstić information content (AvgIpc) is 3.26. The molecule has 0 N–H and O–H groups in total. The molecule has 196 valence electrons. The molecule has 1 nitrogen and oxygen atoms in total. The van der Waals surface area contributed by atoms with Crippen LogP contribution in [0.25, 0.3) is 22.9 Å². The molecule has 1 saturated heterocycles. The van der Waals surface area contributed by atoms with Gasteiger partial charge in [0.25, 0.3) is 0 Å². The number of fused-ring (bicyclic) bond motifs is 4. The van der Waals surface area contributed by atoms with E-state index in [1.807, 2.05) is 18.2 Å². The number of pyridine rings is 1. The van der Waals surface area contributed by atoms with E-state index >= 15 is 4.39 Å². The Morgan fingerprint density at radius 1 is 0.946 bits per heavy atom. The van der Waals surface area contributed by atoms with E-state index in [0.717, 1.165) is 35.1 Å². The molecule has 5 aliphatic rings. The van der Waals surface area contributed by atoms with Gasteiger partial charge in [0.2, 0.25) is 0 Å². The molecule has 1 aromatic heterocycles. The summed E-state index contributed by atoms with van der Waals surface area (Å²) >= 11 is 0. The van der Waals surface area contributed by atoms with Gasteiger partial charge in [-0.25, -0.2) is 9.37 Å². The number of rotatable bonds is 4. The van der Waals surface area contributed by atoms with Crippen LogP contribution in [0.1, 0.15) is 62.3 Å². The first-order valence-electron chi connectivity index (χ1n) is 14.4. The van der Waals surface area contributed by atoms with Crippen LogP contribution >= 0.6 is 8.29 Å². The zero-order valence-corrected chi connectivity index (χ0v) is 24.0. The van der Waals surface area contributed by atoms with E-state index < -0.39 is 8.29 Å². The molecule has 2 bridgehead atoms. The normalized spacial score (nSPS) is 37.6. The van der Waals surface area contributed by atoms with Gasteiger partial charge in [0.15, 0.2) is 0 Å². The third-order valence-corrected chi connectivity index (χ3v) is 17.7. The van der Waals surface area contributed by atoms with Crippen LogP contribution in [0, 0.1) is 29.5 Å². The van der Waals surface area contributed by atoms with E-state index in [2.05, 4.69) is 69.1 Å². The third-order valence-electron chi connectivity index (χ3n) is 11.3. The molecule has 2 saturated carbocycles. The number of halogens is 1. The summed E-state index contributed by atoms with van der Waals surface area (Å²) in [6.07, 6.45) is 22.4. The first-order chi connectivity index (χ1) is 17.5. The van der Waals surface area contributed by atoms with Crippen LogP contribution < -0.4 is 0 Å². The first kappa shape index (κ1) is 23.9. The van der Waals surface area contributed by atoms with Gasteiger partial charge in [-0.05, 0) is 113 Å². The molecule has 6 unspecified atom stereocenters. The van der Waals surface area contributed by atoms with Gasteiger partial charge in [-0.3, -0.25) is 8.29 Å². The van der Waals surface area contributed by atoms with Gasteiger partial charge < -0.3 is 0 Å². The third kappa shape index (κ3) is 3.59. The van der Waals surface area contributed by atoms with Crippen LogP contribution in [0.5, 0.6) is 0 Å². The van der Waals surface area contributed by atoms with Gasteiger partial charge >= 0.3 is 0 Å². The fourth-order valence-corrected chi connectivity index (χ4v) is 12.7. The number of allylic oxidation sites excluding steroid dienone is 4. The predicted octanol–water partition coefficient (Wildman–Crippen LogP) is 8.56. The Morgan fingerprint density at radius 2 is 1.68 bits per heavy atom. The van der Waals surface area contributed by atoms with Gasteiger partial charge in [0, 0.05) is 5.56 Å². The summed E-state index contributed by atoms with van der Waals surface area (Å²) in [6.45, 7) is 4.70. The lowest BCUT2D eigenvalue weighted by atomic mass is 9.51. The standard InChI is InChI=1S/C34H42FNS/c1-21-6-7-26(18-21)33-28-20-31-29(32(33)22(28)2)19-30(35)34(36-31)25-10-8-23(9-11-25)24-12-14-27(15-13-24)37(3,4,5)16-17-37/h8-14,19-22,26-27,32-33H,6-7,15-18H2,1-5H3. The van der Waals surface area contributed by atoms with Crippen LogP contribution in [-0.4, -0.2) is 40.5 Å². The molecule has 4 aliphatic carbocycles. The van der Waals surface area contributed by atoms with E-state index in [4.69, 9.17) is 4.98 Å². The minimum Gasteiger partial charge on any atom is -0.274 e. The average molecular weight is 516 g/mol. The first-order valence-corrected chi connectivity index (χ1v) is 18.4. The van der Waals surface area contributed by atoms with Gasteiger partial charge in [-0.15, -0.1) is 0 Å². The summed E-state index contributed by atoms with van der Waals surface area (Å²) in [4.78, 5) is 4.90. The maximum atomic E-state index is 15.5. The van der Waals surface area contributed by atoms with Crippen LogP contribution in [0.2, 0.25) is 0 Å². The maximum absolute atomic E-state index is 15.5. The van der Waals surface area contributed by atoms with Crippen LogP contribution in [0.15, 0.2) is 54.1 Å². The van der Waals surface area contributed by atoms with Gasteiger partial charge in [-0.1, -0.05) is 68.3 Å². The quantitative estimate of drug-likeness (QED) is 0.372. The highest BCUT2D eigenvalue weighted by molar-refractivity contribution is 8.68. The van der Waals surface area contributed by atoms with Crippen molar-refractivity contribution in [3.05, 3.63) is 76.8 Å². The lowest BCUT2D eigenvalue weighted by Gasteiger charge is -2.60. The van der Waals surface area contributed by atoms with Crippen LogP contribution in [0.3, 0.4) is 0 Å². The van der Waals surface area contributed by atoms with Crippen molar-refractivity contribution in [2.75, 3.05) is 30.3 Å². The Balaban J connectivity index is 1.13. The Kier molecular flexibility index (Phi) is 4.72.